The first-order chi connectivity index (χ1) is 11.5. The van der Waals surface area contributed by atoms with Crippen molar-refractivity contribution in [2.24, 2.45) is 0 Å². The summed E-state index contributed by atoms with van der Waals surface area (Å²) in [6.45, 7) is 8.68. The van der Waals surface area contributed by atoms with E-state index in [-0.39, 0.29) is 22.8 Å². The third-order valence-corrected chi connectivity index (χ3v) is 3.92. The number of hydrogen-bond donors (Lipinski definition) is 1. The fourth-order valence-electron chi connectivity index (χ4n) is 2.06. The summed E-state index contributed by atoms with van der Waals surface area (Å²) in [4.78, 5) is 23.8. The first kappa shape index (κ1) is 21.2. The summed E-state index contributed by atoms with van der Waals surface area (Å²) in [6, 6.07) is 4.68. The maximum absolute atomic E-state index is 12.0. The van der Waals surface area contributed by atoms with Crippen LogP contribution in [0.15, 0.2) is 18.2 Å². The van der Waals surface area contributed by atoms with E-state index in [1.807, 2.05) is 27.7 Å². The van der Waals surface area contributed by atoms with Crippen molar-refractivity contribution in [3.8, 4) is 0 Å². The van der Waals surface area contributed by atoms with Crippen LogP contribution in [0.1, 0.15) is 39.7 Å². The molecule has 1 rings (SSSR count). The van der Waals surface area contributed by atoms with Gasteiger partial charge in [0, 0.05) is 25.7 Å². The molecule has 1 amide bonds. The predicted molar refractivity (Wildman–Crippen MR) is 97.9 cm³/mol. The van der Waals surface area contributed by atoms with E-state index in [4.69, 9.17) is 16.3 Å². The first-order valence-electron chi connectivity index (χ1n) is 8.10. The number of nitrogens with zero attached hydrogens (tertiary/aromatic N) is 2. The summed E-state index contributed by atoms with van der Waals surface area (Å²) in [6.07, 6.45) is 0.401. The Labute approximate surface area is 153 Å². The minimum atomic E-state index is -0.515. The lowest BCUT2D eigenvalue weighted by Gasteiger charge is -2.28. The van der Waals surface area contributed by atoms with Crippen LogP contribution in [0.25, 0.3) is 0 Å². The van der Waals surface area contributed by atoms with Gasteiger partial charge >= 0.3 is 6.09 Å². The van der Waals surface area contributed by atoms with E-state index in [1.54, 1.807) is 24.1 Å². The molecule has 0 aliphatic heterocycles. The van der Waals surface area contributed by atoms with Crippen LogP contribution in [0.5, 0.6) is 0 Å². The van der Waals surface area contributed by atoms with Crippen LogP contribution in [0.2, 0.25) is 5.02 Å². The Hall–Kier alpha value is -1.86. The van der Waals surface area contributed by atoms with Crippen molar-refractivity contribution >= 4 is 23.4 Å². The van der Waals surface area contributed by atoms with Gasteiger partial charge in [0.15, 0.2) is 0 Å². The van der Waals surface area contributed by atoms with Gasteiger partial charge in [-0.05, 0) is 52.3 Å². The van der Waals surface area contributed by atoms with Crippen molar-refractivity contribution in [3.63, 3.8) is 0 Å². The summed E-state index contributed by atoms with van der Waals surface area (Å²) < 4.78 is 5.34. The van der Waals surface area contributed by atoms with E-state index in [2.05, 4.69) is 5.32 Å². The molecule has 1 N–H and O–H groups in total. The van der Waals surface area contributed by atoms with Crippen molar-refractivity contribution < 1.29 is 14.5 Å². The minimum Gasteiger partial charge on any atom is -0.444 e. The van der Waals surface area contributed by atoms with Crippen molar-refractivity contribution in [1.82, 2.24) is 10.2 Å². The van der Waals surface area contributed by atoms with Crippen molar-refractivity contribution in [2.45, 2.75) is 52.3 Å². The molecule has 0 saturated heterocycles. The lowest BCUT2D eigenvalue weighted by Crippen LogP contribution is -2.40. The summed E-state index contributed by atoms with van der Waals surface area (Å²) >= 11 is 5.89. The highest BCUT2D eigenvalue weighted by Gasteiger charge is 2.22. The van der Waals surface area contributed by atoms with E-state index in [0.29, 0.717) is 13.1 Å². The summed E-state index contributed by atoms with van der Waals surface area (Å²) in [5.41, 5.74) is 0.250. The molecular formula is C17H26ClN3O4. The van der Waals surface area contributed by atoms with Crippen molar-refractivity contribution in [2.75, 3.05) is 13.6 Å². The third-order valence-electron chi connectivity index (χ3n) is 3.62. The molecule has 140 valence electrons. The zero-order chi connectivity index (χ0) is 19.2. The minimum absolute atomic E-state index is 0.0165. The molecule has 0 unspecified atom stereocenters. The molecule has 0 spiro atoms. The average Bonchev–Trinajstić information content (AvgIpc) is 2.48. The van der Waals surface area contributed by atoms with E-state index in [9.17, 15) is 14.9 Å². The monoisotopic (exact) mass is 371 g/mol. The average molecular weight is 372 g/mol. The molecule has 1 atom stereocenters. The Bertz CT molecular complexity index is 616. The second kappa shape index (κ2) is 9.01. The van der Waals surface area contributed by atoms with Crippen LogP contribution in [0, 0.1) is 10.1 Å². The van der Waals surface area contributed by atoms with Crippen LogP contribution < -0.4 is 5.32 Å². The molecule has 0 radical (unpaired) electrons. The Kier molecular flexibility index (Phi) is 7.63. The molecule has 7 nitrogen and oxygen atoms in total. The topological polar surface area (TPSA) is 84.7 Å². The van der Waals surface area contributed by atoms with Gasteiger partial charge in [-0.2, -0.15) is 0 Å². The second-order valence-electron chi connectivity index (χ2n) is 6.95. The van der Waals surface area contributed by atoms with Gasteiger partial charge in [-0.3, -0.25) is 10.1 Å². The van der Waals surface area contributed by atoms with E-state index in [1.165, 1.54) is 6.07 Å². The Balaban J connectivity index is 2.41. The van der Waals surface area contributed by atoms with Gasteiger partial charge in [0.25, 0.3) is 5.69 Å². The number of rotatable bonds is 7. The summed E-state index contributed by atoms with van der Waals surface area (Å²) in [5.74, 6) is 0. The Morgan fingerprint density at radius 3 is 2.60 bits per heavy atom. The maximum atomic E-state index is 12.0. The highest BCUT2D eigenvalue weighted by Crippen LogP contribution is 2.24. The number of nitro groups is 1. The largest absolute Gasteiger partial charge is 0.444 e. The van der Waals surface area contributed by atoms with Gasteiger partial charge in [0.1, 0.15) is 10.6 Å². The van der Waals surface area contributed by atoms with Crippen LogP contribution >= 0.6 is 11.6 Å². The van der Waals surface area contributed by atoms with E-state index >= 15 is 0 Å². The molecule has 0 fully saturated rings. The van der Waals surface area contributed by atoms with Crippen molar-refractivity contribution in [3.05, 3.63) is 38.9 Å². The number of nitro benzene ring substituents is 1. The molecule has 1 aromatic carbocycles. The molecule has 0 heterocycles. The van der Waals surface area contributed by atoms with Gasteiger partial charge in [0.2, 0.25) is 0 Å². The van der Waals surface area contributed by atoms with Crippen LogP contribution in [-0.4, -0.2) is 41.2 Å². The quantitative estimate of drug-likeness (QED) is 0.445. The van der Waals surface area contributed by atoms with Crippen LogP contribution in [0.3, 0.4) is 0 Å². The molecule has 0 bridgehead atoms. The van der Waals surface area contributed by atoms with E-state index < -0.39 is 10.5 Å². The molecule has 0 aliphatic rings. The number of benzene rings is 1. The molecule has 1 aromatic rings. The predicted octanol–water partition coefficient (Wildman–Crippen LogP) is 3.98. The fraction of sp³-hybridized carbons (Fsp3) is 0.588. The SMILES string of the molecule is C[C@@H](CCNCc1ccc([N+](=O)[O-])c(Cl)c1)N(C)C(=O)OC(C)(C)C. The summed E-state index contributed by atoms with van der Waals surface area (Å²) in [5, 5.41) is 14.1. The Morgan fingerprint density at radius 2 is 2.08 bits per heavy atom. The molecule has 0 aromatic heterocycles. The standard InChI is InChI=1S/C17H26ClN3O4/c1-12(20(5)16(22)25-17(2,3)4)8-9-19-11-13-6-7-15(21(23)24)14(18)10-13/h6-7,10,12,19H,8-9,11H2,1-5H3/t12-/m0/s1. The number of carbonyl (C=O) groups excluding carboxylic acids is 1. The molecule has 0 aliphatic carbocycles. The smallest absolute Gasteiger partial charge is 0.410 e. The van der Waals surface area contributed by atoms with Gasteiger partial charge in [0.05, 0.1) is 4.92 Å². The first-order valence-corrected chi connectivity index (χ1v) is 8.48. The number of carbonyl (C=O) groups is 1. The number of ether oxygens (including phenoxy) is 1. The lowest BCUT2D eigenvalue weighted by molar-refractivity contribution is -0.384. The number of halogens is 1. The number of hydrogen-bond acceptors (Lipinski definition) is 5. The molecule has 25 heavy (non-hydrogen) atoms. The highest BCUT2D eigenvalue weighted by molar-refractivity contribution is 6.32. The lowest BCUT2D eigenvalue weighted by atomic mass is 10.2. The highest BCUT2D eigenvalue weighted by atomic mass is 35.5. The van der Waals surface area contributed by atoms with Gasteiger partial charge in [-0.1, -0.05) is 17.7 Å². The molecule has 0 saturated carbocycles. The zero-order valence-corrected chi connectivity index (χ0v) is 16.1. The fourth-order valence-corrected chi connectivity index (χ4v) is 2.33. The zero-order valence-electron chi connectivity index (χ0n) is 15.3. The van der Waals surface area contributed by atoms with Crippen LogP contribution in [0.4, 0.5) is 10.5 Å². The molecular weight excluding hydrogens is 346 g/mol. The summed E-state index contributed by atoms with van der Waals surface area (Å²) in [7, 11) is 1.72. The van der Waals surface area contributed by atoms with Gasteiger partial charge in [-0.15, -0.1) is 0 Å². The number of nitrogens with one attached hydrogen (secondary N) is 1. The van der Waals surface area contributed by atoms with Gasteiger partial charge in [-0.25, -0.2) is 4.79 Å². The van der Waals surface area contributed by atoms with Crippen molar-refractivity contribution in [1.29, 1.82) is 0 Å². The second-order valence-corrected chi connectivity index (χ2v) is 7.36. The Morgan fingerprint density at radius 1 is 1.44 bits per heavy atom. The van der Waals surface area contributed by atoms with E-state index in [0.717, 1.165) is 12.0 Å². The van der Waals surface area contributed by atoms with Crippen LogP contribution in [-0.2, 0) is 11.3 Å². The number of amides is 1. The third kappa shape index (κ3) is 7.27. The maximum Gasteiger partial charge on any atom is 0.410 e. The normalized spacial score (nSPS) is 12.6. The molecule has 8 heteroatoms. The van der Waals surface area contributed by atoms with Gasteiger partial charge < -0.3 is 15.0 Å².